The van der Waals surface area contributed by atoms with Gasteiger partial charge in [-0.3, -0.25) is 0 Å². The quantitative estimate of drug-likeness (QED) is 0.0645. The minimum Gasteiger partial charge on any atom is -0.395 e. The van der Waals surface area contributed by atoms with Gasteiger partial charge in [0.2, 0.25) is 35.7 Å². The van der Waals surface area contributed by atoms with Gasteiger partial charge in [0.15, 0.2) is 0 Å². The number of para-hydroxylation sites is 2. The van der Waals surface area contributed by atoms with Crippen molar-refractivity contribution in [3.05, 3.63) is 120 Å². The zero-order valence-electron chi connectivity index (χ0n) is 28.8. The maximum absolute atomic E-state index is 9.43. The molecule has 0 fully saturated rings. The molecule has 0 aliphatic rings. The number of nitrogens with zero attached hydrogens (tertiary/aromatic N) is 8. The van der Waals surface area contributed by atoms with Gasteiger partial charge in [0, 0.05) is 49.9 Å². The van der Waals surface area contributed by atoms with E-state index in [0.29, 0.717) is 48.8 Å². The van der Waals surface area contributed by atoms with E-state index in [4.69, 9.17) is 0 Å². The number of aromatic nitrogens is 6. The van der Waals surface area contributed by atoms with Crippen LogP contribution in [0.15, 0.2) is 109 Å². The van der Waals surface area contributed by atoms with Crippen molar-refractivity contribution in [3.8, 4) is 0 Å². The normalized spacial score (nSPS) is 10.9. The number of aliphatic hydroxyl groups excluding tert-OH is 2. The Kier molecular flexibility index (Phi) is 11.7. The smallest absolute Gasteiger partial charge is 0.233 e. The minimum absolute atomic E-state index is 0.0251. The first kappa shape index (κ1) is 35.2. The number of aliphatic hydroxyl groups is 2. The van der Waals surface area contributed by atoms with Crippen LogP contribution in [0.4, 0.5) is 58.4 Å². The Morgan fingerprint density at radius 3 is 1.06 bits per heavy atom. The average Bonchev–Trinajstić information content (AvgIpc) is 3.16. The Morgan fingerprint density at radius 1 is 0.442 bits per heavy atom. The zero-order chi connectivity index (χ0) is 36.1. The molecule has 0 amide bonds. The Morgan fingerprint density at radius 2 is 0.750 bits per heavy atom. The first-order valence-electron chi connectivity index (χ1n) is 16.7. The molecule has 0 aliphatic heterocycles. The number of benzene rings is 4. The molecule has 0 saturated carbocycles. The molecular weight excluding hydrogens is 656 g/mol. The lowest BCUT2D eigenvalue weighted by Gasteiger charge is -2.17. The van der Waals surface area contributed by atoms with Crippen LogP contribution < -0.4 is 31.1 Å². The Hall–Kier alpha value is -6.64. The van der Waals surface area contributed by atoms with E-state index in [1.165, 1.54) is 0 Å². The highest BCUT2D eigenvalue weighted by Crippen LogP contribution is 2.23. The topological polar surface area (TPSA) is 172 Å². The third-order valence-corrected chi connectivity index (χ3v) is 7.66. The van der Waals surface area contributed by atoms with E-state index in [-0.39, 0.29) is 13.2 Å². The van der Waals surface area contributed by atoms with Crippen LogP contribution >= 0.6 is 0 Å². The van der Waals surface area contributed by atoms with Gasteiger partial charge in [-0.1, -0.05) is 72.8 Å². The lowest BCUT2D eigenvalue weighted by atomic mass is 10.1. The maximum Gasteiger partial charge on any atom is 0.233 e. The third kappa shape index (κ3) is 9.97. The number of nitrogens with one attached hydrogen (secondary N) is 4. The molecular formula is C38H40N12O2. The summed E-state index contributed by atoms with van der Waals surface area (Å²) in [5.41, 5.74) is 5.35. The molecule has 52 heavy (non-hydrogen) atoms. The van der Waals surface area contributed by atoms with Gasteiger partial charge in [0.25, 0.3) is 0 Å². The Balaban J connectivity index is 1.11. The molecule has 0 aliphatic carbocycles. The SMILES string of the molecule is CN(CCO)c1nc(Nc2ccccc2)nc(Nc2ccc(C=Cc3ccc(Nc4nc(Nc5ccccc5)nc(N(C)CCO)n4)cc3)cc2)n1. The Labute approximate surface area is 302 Å². The van der Waals surface area contributed by atoms with Crippen molar-refractivity contribution in [1.29, 1.82) is 0 Å². The van der Waals surface area contributed by atoms with Gasteiger partial charge in [0.05, 0.1) is 13.2 Å². The van der Waals surface area contributed by atoms with E-state index in [1.54, 1.807) is 9.80 Å². The summed E-state index contributed by atoms with van der Waals surface area (Å²) in [5, 5.41) is 31.8. The molecule has 0 radical (unpaired) electrons. The molecule has 6 aromatic rings. The second-order valence-electron chi connectivity index (χ2n) is 11.7. The minimum atomic E-state index is -0.0251. The molecule has 0 unspecified atom stereocenters. The number of rotatable bonds is 16. The van der Waals surface area contributed by atoms with Crippen LogP contribution in [0.3, 0.4) is 0 Å². The molecule has 6 N–H and O–H groups in total. The number of hydrogen-bond acceptors (Lipinski definition) is 14. The molecule has 0 saturated heterocycles. The van der Waals surface area contributed by atoms with Gasteiger partial charge in [-0.15, -0.1) is 0 Å². The second kappa shape index (κ2) is 17.3. The fourth-order valence-electron chi connectivity index (χ4n) is 4.90. The molecule has 0 atom stereocenters. The third-order valence-electron chi connectivity index (χ3n) is 7.66. The summed E-state index contributed by atoms with van der Waals surface area (Å²) < 4.78 is 0. The van der Waals surface area contributed by atoms with Crippen molar-refractivity contribution >= 4 is 70.6 Å². The Bertz CT molecular complexity index is 1900. The predicted octanol–water partition coefficient (Wildman–Crippen LogP) is 6.06. The lowest BCUT2D eigenvalue weighted by molar-refractivity contribution is 0.303. The van der Waals surface area contributed by atoms with Crippen LogP contribution in [0.25, 0.3) is 12.2 Å². The lowest BCUT2D eigenvalue weighted by Crippen LogP contribution is -2.24. The van der Waals surface area contributed by atoms with Crippen LogP contribution in [0.1, 0.15) is 11.1 Å². The predicted molar refractivity (Wildman–Crippen MR) is 208 cm³/mol. The molecule has 2 heterocycles. The average molecular weight is 697 g/mol. The van der Waals surface area contributed by atoms with Crippen LogP contribution in [-0.4, -0.2) is 80.5 Å². The fraction of sp³-hybridized carbons (Fsp3) is 0.158. The van der Waals surface area contributed by atoms with Gasteiger partial charge in [-0.25, -0.2) is 0 Å². The first-order chi connectivity index (χ1) is 25.4. The number of hydrogen-bond donors (Lipinski definition) is 6. The van der Waals surface area contributed by atoms with E-state index in [0.717, 1.165) is 33.9 Å². The highest BCUT2D eigenvalue weighted by molar-refractivity contribution is 5.72. The van der Waals surface area contributed by atoms with Crippen LogP contribution in [0.5, 0.6) is 0 Å². The summed E-state index contributed by atoms with van der Waals surface area (Å²) in [6, 6.07) is 35.2. The molecule has 264 valence electrons. The summed E-state index contributed by atoms with van der Waals surface area (Å²) in [6.45, 7) is 0.712. The highest BCUT2D eigenvalue weighted by atomic mass is 16.3. The molecule has 14 nitrogen and oxygen atoms in total. The van der Waals surface area contributed by atoms with E-state index in [1.807, 2.05) is 135 Å². The van der Waals surface area contributed by atoms with Gasteiger partial charge in [-0.2, -0.15) is 29.9 Å². The summed E-state index contributed by atoms with van der Waals surface area (Å²) in [5.74, 6) is 2.38. The van der Waals surface area contributed by atoms with Crippen molar-refractivity contribution < 1.29 is 10.2 Å². The van der Waals surface area contributed by atoms with Crippen molar-refractivity contribution in [2.45, 2.75) is 0 Å². The van der Waals surface area contributed by atoms with E-state index < -0.39 is 0 Å². The van der Waals surface area contributed by atoms with Crippen molar-refractivity contribution in [1.82, 2.24) is 29.9 Å². The molecule has 6 rings (SSSR count). The van der Waals surface area contributed by atoms with Gasteiger partial charge in [0.1, 0.15) is 0 Å². The van der Waals surface area contributed by atoms with Crippen LogP contribution in [0.2, 0.25) is 0 Å². The molecule has 2 aromatic heterocycles. The molecule has 14 heteroatoms. The number of likely N-dealkylation sites (N-methyl/N-ethyl adjacent to an activating group) is 2. The monoisotopic (exact) mass is 696 g/mol. The summed E-state index contributed by atoms with van der Waals surface area (Å²) in [4.78, 5) is 30.8. The van der Waals surface area contributed by atoms with Gasteiger partial charge >= 0.3 is 0 Å². The molecule has 0 bridgehead atoms. The van der Waals surface area contributed by atoms with Crippen molar-refractivity contribution in [2.24, 2.45) is 0 Å². The van der Waals surface area contributed by atoms with E-state index >= 15 is 0 Å². The van der Waals surface area contributed by atoms with E-state index in [2.05, 4.69) is 51.2 Å². The van der Waals surface area contributed by atoms with Crippen LogP contribution in [-0.2, 0) is 0 Å². The van der Waals surface area contributed by atoms with Crippen molar-refractivity contribution in [3.63, 3.8) is 0 Å². The fourth-order valence-corrected chi connectivity index (χ4v) is 4.90. The largest absolute Gasteiger partial charge is 0.395 e. The highest BCUT2D eigenvalue weighted by Gasteiger charge is 2.13. The summed E-state index contributed by atoms with van der Waals surface area (Å²) in [7, 11) is 3.64. The first-order valence-corrected chi connectivity index (χ1v) is 16.7. The van der Waals surface area contributed by atoms with Gasteiger partial charge in [-0.05, 0) is 59.7 Å². The number of anilines is 10. The summed E-state index contributed by atoms with van der Waals surface area (Å²) in [6.07, 6.45) is 4.07. The van der Waals surface area contributed by atoms with Crippen LogP contribution in [0, 0.1) is 0 Å². The molecule has 0 spiro atoms. The second-order valence-corrected chi connectivity index (χ2v) is 11.7. The van der Waals surface area contributed by atoms with Gasteiger partial charge < -0.3 is 41.3 Å². The van der Waals surface area contributed by atoms with E-state index in [9.17, 15) is 10.2 Å². The standard InChI is InChI=1S/C38H40N12O2/c1-49(23-25-51)37-45-33(39-29-9-5-3-6-10-29)43-35(47-37)41-31-19-15-27(16-20-31)13-14-28-17-21-32(22-18-28)42-36-44-34(40-30-11-7-4-8-12-30)46-38(48-36)50(2)24-26-52/h3-22,51-52H,23-26H2,1-2H3,(H2,39,41,43,45,47)(H2,40,42,44,46,48). The summed E-state index contributed by atoms with van der Waals surface area (Å²) >= 11 is 0. The zero-order valence-corrected chi connectivity index (χ0v) is 28.8. The molecule has 4 aromatic carbocycles. The van der Waals surface area contributed by atoms with Crippen molar-refractivity contribution in [2.75, 3.05) is 71.5 Å². The maximum atomic E-state index is 9.43.